The Bertz CT molecular complexity index is 2490. The van der Waals surface area contributed by atoms with Gasteiger partial charge >= 0.3 is 0 Å². The minimum atomic E-state index is -0.0318. The van der Waals surface area contributed by atoms with Crippen LogP contribution in [0, 0.1) is 0 Å². The van der Waals surface area contributed by atoms with Gasteiger partial charge in [-0.15, -0.1) is 0 Å². The lowest BCUT2D eigenvalue weighted by atomic mass is 9.34. The van der Waals surface area contributed by atoms with Gasteiger partial charge in [0, 0.05) is 38.4 Å². The number of hydrogen-bond acceptors (Lipinski definition) is 0. The van der Waals surface area contributed by atoms with Gasteiger partial charge in [0.15, 0.2) is 0 Å². The summed E-state index contributed by atoms with van der Waals surface area (Å²) < 4.78 is 5.16. The molecule has 0 spiro atoms. The Balaban J connectivity index is 1.48. The molecule has 0 saturated carbocycles. The highest BCUT2D eigenvalue weighted by Crippen LogP contribution is 2.44. The first-order valence-corrected chi connectivity index (χ1v) is 15.3. The summed E-state index contributed by atoms with van der Waals surface area (Å²) in [6, 6.07) is 45.5. The molecule has 2 aliphatic rings. The molecule has 2 aliphatic heterocycles. The van der Waals surface area contributed by atoms with Crippen molar-refractivity contribution in [2.75, 3.05) is 0 Å². The second-order valence-corrected chi connectivity index (χ2v) is 13.4. The van der Waals surface area contributed by atoms with E-state index in [4.69, 9.17) is 0 Å². The van der Waals surface area contributed by atoms with Crippen molar-refractivity contribution in [2.45, 2.75) is 26.2 Å². The van der Waals surface area contributed by atoms with Crippen molar-refractivity contribution >= 4 is 66.7 Å². The van der Waals surface area contributed by atoms with E-state index in [1.807, 2.05) is 0 Å². The molecule has 4 heterocycles. The minimum Gasteiger partial charge on any atom is -0.310 e. The number of rotatable bonds is 1. The van der Waals surface area contributed by atoms with Crippen LogP contribution in [0.15, 0.2) is 121 Å². The Hall–Kier alpha value is -5.02. The van der Waals surface area contributed by atoms with Crippen LogP contribution in [0.5, 0.6) is 0 Å². The highest BCUT2D eigenvalue weighted by molar-refractivity contribution is 7.00. The average Bonchev–Trinajstić information content (AvgIpc) is 3.56. The Kier molecular flexibility index (Phi) is 4.31. The molecule has 3 heteroatoms. The summed E-state index contributed by atoms with van der Waals surface area (Å²) in [4.78, 5) is 0. The SMILES string of the molecule is CC(C)(C)c1cc2c3c4c1c1ccccc1n4-c1ccc(-c4ccccc4)cc1B3c1cccc3c4ccccc4n-2c13. The Labute approximate surface area is 250 Å². The van der Waals surface area contributed by atoms with Crippen molar-refractivity contribution in [1.29, 1.82) is 0 Å². The van der Waals surface area contributed by atoms with Crippen molar-refractivity contribution in [2.24, 2.45) is 0 Å². The van der Waals surface area contributed by atoms with Crippen LogP contribution >= 0.6 is 0 Å². The summed E-state index contributed by atoms with van der Waals surface area (Å²) >= 11 is 0. The van der Waals surface area contributed by atoms with Crippen LogP contribution < -0.4 is 16.4 Å². The molecule has 202 valence electrons. The Morgan fingerprint density at radius 1 is 0.512 bits per heavy atom. The molecule has 8 aromatic rings. The van der Waals surface area contributed by atoms with Gasteiger partial charge in [-0.3, -0.25) is 0 Å². The first kappa shape index (κ1) is 23.5. The van der Waals surface area contributed by atoms with Gasteiger partial charge in [0.25, 0.3) is 6.71 Å². The lowest BCUT2D eigenvalue weighted by Gasteiger charge is -2.35. The molecule has 10 rings (SSSR count). The van der Waals surface area contributed by atoms with Crippen LogP contribution in [-0.4, -0.2) is 15.8 Å². The van der Waals surface area contributed by atoms with E-state index in [1.54, 1.807) is 0 Å². The fourth-order valence-electron chi connectivity index (χ4n) is 8.29. The van der Waals surface area contributed by atoms with Crippen molar-refractivity contribution < 1.29 is 0 Å². The standard InChI is InChI=1S/C40H29BN2/c1-40(2,3)29-23-35-37-39-36(29)28-15-8-10-19-33(28)42(39)34-21-20-25(24-12-5-4-6-13-24)22-31(34)41(37)30-17-11-16-27-26-14-7-9-18-32(26)43(35)38(27)30/h4-23H,1-3H3. The van der Waals surface area contributed by atoms with Gasteiger partial charge in [-0.1, -0.05) is 118 Å². The first-order valence-electron chi connectivity index (χ1n) is 15.3. The molecule has 0 saturated heterocycles. The zero-order valence-electron chi connectivity index (χ0n) is 24.5. The van der Waals surface area contributed by atoms with E-state index < -0.39 is 0 Å². The maximum absolute atomic E-state index is 2.58. The third-order valence-electron chi connectivity index (χ3n) is 10.0. The minimum absolute atomic E-state index is 0.0318. The number of aromatic nitrogens is 2. The third kappa shape index (κ3) is 2.85. The summed E-state index contributed by atoms with van der Waals surface area (Å²) in [5.74, 6) is 0. The van der Waals surface area contributed by atoms with Gasteiger partial charge in [0.05, 0.1) is 16.6 Å². The monoisotopic (exact) mass is 548 g/mol. The van der Waals surface area contributed by atoms with E-state index in [1.165, 1.54) is 88.1 Å². The normalized spacial score (nSPS) is 13.4. The van der Waals surface area contributed by atoms with E-state index in [0.29, 0.717) is 0 Å². The summed E-state index contributed by atoms with van der Waals surface area (Å²) in [5.41, 5.74) is 16.0. The van der Waals surface area contributed by atoms with Gasteiger partial charge in [0.1, 0.15) is 0 Å². The second kappa shape index (κ2) is 7.87. The van der Waals surface area contributed by atoms with Gasteiger partial charge in [-0.2, -0.15) is 0 Å². The molecule has 43 heavy (non-hydrogen) atoms. The maximum atomic E-state index is 2.58. The van der Waals surface area contributed by atoms with Crippen LogP contribution in [-0.2, 0) is 5.41 Å². The molecular weight excluding hydrogens is 519 g/mol. The quantitative estimate of drug-likeness (QED) is 0.184. The van der Waals surface area contributed by atoms with Gasteiger partial charge in [-0.05, 0) is 62.8 Å². The van der Waals surface area contributed by atoms with E-state index in [9.17, 15) is 0 Å². The summed E-state index contributed by atoms with van der Waals surface area (Å²) in [7, 11) is 0. The predicted molar refractivity (Wildman–Crippen MR) is 184 cm³/mol. The van der Waals surface area contributed by atoms with Crippen molar-refractivity contribution in [3.63, 3.8) is 0 Å². The molecule has 0 aliphatic carbocycles. The molecule has 0 unspecified atom stereocenters. The molecule has 6 aromatic carbocycles. The van der Waals surface area contributed by atoms with E-state index in [0.717, 1.165) is 0 Å². The molecule has 0 radical (unpaired) electrons. The first-order chi connectivity index (χ1) is 21.0. The maximum Gasteiger partial charge on any atom is 0.252 e. The average molecular weight is 548 g/mol. The van der Waals surface area contributed by atoms with Gasteiger partial charge in [-0.25, -0.2) is 0 Å². The number of benzene rings is 6. The summed E-state index contributed by atoms with van der Waals surface area (Å²) in [6.45, 7) is 7.24. The van der Waals surface area contributed by atoms with E-state index in [-0.39, 0.29) is 12.1 Å². The van der Waals surface area contributed by atoms with Crippen molar-refractivity contribution in [1.82, 2.24) is 9.13 Å². The fourth-order valence-corrected chi connectivity index (χ4v) is 8.29. The molecule has 0 bridgehead atoms. The predicted octanol–water partition coefficient (Wildman–Crippen LogP) is 7.99. The largest absolute Gasteiger partial charge is 0.310 e. The summed E-state index contributed by atoms with van der Waals surface area (Å²) in [6.07, 6.45) is 0. The van der Waals surface area contributed by atoms with Crippen LogP contribution in [0.3, 0.4) is 0 Å². The molecule has 0 amide bonds. The van der Waals surface area contributed by atoms with Crippen molar-refractivity contribution in [3.8, 4) is 22.5 Å². The van der Waals surface area contributed by atoms with Crippen LogP contribution in [0.2, 0.25) is 0 Å². The molecule has 0 fully saturated rings. The van der Waals surface area contributed by atoms with E-state index >= 15 is 0 Å². The van der Waals surface area contributed by atoms with E-state index in [2.05, 4.69) is 151 Å². The zero-order valence-corrected chi connectivity index (χ0v) is 24.5. The number of nitrogens with zero attached hydrogens (tertiary/aromatic N) is 2. The lowest BCUT2D eigenvalue weighted by molar-refractivity contribution is 0.596. The smallest absolute Gasteiger partial charge is 0.252 e. The van der Waals surface area contributed by atoms with Gasteiger partial charge < -0.3 is 9.13 Å². The fraction of sp³-hybridized carbons (Fsp3) is 0.100. The number of fused-ring (bicyclic) bond motifs is 11. The third-order valence-corrected chi connectivity index (χ3v) is 10.0. The number of para-hydroxylation sites is 3. The van der Waals surface area contributed by atoms with Crippen LogP contribution in [0.4, 0.5) is 0 Å². The Morgan fingerprint density at radius 2 is 1.19 bits per heavy atom. The molecular formula is C40H29BN2. The molecule has 2 nitrogen and oxygen atoms in total. The molecule has 0 atom stereocenters. The van der Waals surface area contributed by atoms with Crippen LogP contribution in [0.25, 0.3) is 66.1 Å². The molecule has 0 N–H and O–H groups in total. The summed E-state index contributed by atoms with van der Waals surface area (Å²) in [5, 5.41) is 5.39. The lowest BCUT2D eigenvalue weighted by Crippen LogP contribution is -2.59. The van der Waals surface area contributed by atoms with Crippen molar-refractivity contribution in [3.05, 3.63) is 127 Å². The number of hydrogen-bond donors (Lipinski definition) is 0. The van der Waals surface area contributed by atoms with Gasteiger partial charge in [0.2, 0.25) is 0 Å². The van der Waals surface area contributed by atoms with Crippen LogP contribution in [0.1, 0.15) is 26.3 Å². The topological polar surface area (TPSA) is 9.86 Å². The highest BCUT2D eigenvalue weighted by Gasteiger charge is 2.42. The Morgan fingerprint density at radius 3 is 1.98 bits per heavy atom. The molecule has 2 aromatic heterocycles. The zero-order chi connectivity index (χ0) is 28.6. The second-order valence-electron chi connectivity index (χ2n) is 13.4. The highest BCUT2D eigenvalue weighted by atomic mass is 15.0.